The van der Waals surface area contributed by atoms with E-state index in [2.05, 4.69) is 45.5 Å². The Kier molecular flexibility index (Phi) is 3.63. The second-order valence-electron chi connectivity index (χ2n) is 4.74. The SMILES string of the molecule is CCn1cc(C(C)Nc2ccc(-n3cncn3)nc2)cn1. The number of rotatable bonds is 5. The first kappa shape index (κ1) is 13.3. The Morgan fingerprint density at radius 1 is 1.24 bits per heavy atom. The smallest absolute Gasteiger partial charge is 0.155 e. The van der Waals surface area contributed by atoms with Gasteiger partial charge in [-0.05, 0) is 26.0 Å². The van der Waals surface area contributed by atoms with Crippen LogP contribution in [0, 0.1) is 0 Å². The Balaban J connectivity index is 1.70. The van der Waals surface area contributed by atoms with Crippen LogP contribution in [-0.4, -0.2) is 29.5 Å². The average Bonchev–Trinajstić information content (AvgIpc) is 3.19. The molecule has 3 aromatic rings. The minimum Gasteiger partial charge on any atom is -0.377 e. The molecule has 108 valence electrons. The fourth-order valence-corrected chi connectivity index (χ4v) is 2.04. The summed E-state index contributed by atoms with van der Waals surface area (Å²) in [6, 6.07) is 4.05. The first-order chi connectivity index (χ1) is 10.3. The molecule has 3 rings (SSSR count). The first-order valence-electron chi connectivity index (χ1n) is 6.86. The predicted molar refractivity (Wildman–Crippen MR) is 79.1 cm³/mol. The Labute approximate surface area is 122 Å². The molecule has 0 radical (unpaired) electrons. The van der Waals surface area contributed by atoms with Crippen LogP contribution >= 0.6 is 0 Å². The number of nitrogens with one attached hydrogen (secondary N) is 1. The van der Waals surface area contributed by atoms with E-state index in [0.29, 0.717) is 0 Å². The Morgan fingerprint density at radius 3 is 2.76 bits per heavy atom. The number of hydrogen-bond acceptors (Lipinski definition) is 5. The molecule has 3 heterocycles. The number of pyridine rings is 1. The van der Waals surface area contributed by atoms with Crippen LogP contribution < -0.4 is 5.32 Å². The summed E-state index contributed by atoms with van der Waals surface area (Å²) >= 11 is 0. The van der Waals surface area contributed by atoms with E-state index in [1.165, 1.54) is 6.33 Å². The summed E-state index contributed by atoms with van der Waals surface area (Å²) in [5, 5.41) is 11.7. The van der Waals surface area contributed by atoms with Crippen LogP contribution in [0.1, 0.15) is 25.5 Å². The Hall–Kier alpha value is -2.70. The van der Waals surface area contributed by atoms with Gasteiger partial charge in [-0.25, -0.2) is 14.6 Å². The van der Waals surface area contributed by atoms with Gasteiger partial charge in [0.15, 0.2) is 5.82 Å². The fourth-order valence-electron chi connectivity index (χ4n) is 2.04. The monoisotopic (exact) mass is 283 g/mol. The van der Waals surface area contributed by atoms with Gasteiger partial charge in [0, 0.05) is 18.3 Å². The highest BCUT2D eigenvalue weighted by atomic mass is 15.3. The van der Waals surface area contributed by atoms with Gasteiger partial charge < -0.3 is 5.32 Å². The van der Waals surface area contributed by atoms with Crippen molar-refractivity contribution in [2.24, 2.45) is 0 Å². The maximum absolute atomic E-state index is 4.37. The lowest BCUT2D eigenvalue weighted by atomic mass is 10.2. The quantitative estimate of drug-likeness (QED) is 0.775. The van der Waals surface area contributed by atoms with Crippen molar-refractivity contribution in [2.45, 2.75) is 26.4 Å². The molecular weight excluding hydrogens is 266 g/mol. The van der Waals surface area contributed by atoms with Crippen molar-refractivity contribution < 1.29 is 0 Å². The van der Waals surface area contributed by atoms with Crippen molar-refractivity contribution in [3.63, 3.8) is 0 Å². The topological polar surface area (TPSA) is 73.5 Å². The first-order valence-corrected chi connectivity index (χ1v) is 6.86. The van der Waals surface area contributed by atoms with Gasteiger partial charge in [0.25, 0.3) is 0 Å². The summed E-state index contributed by atoms with van der Waals surface area (Å²) < 4.78 is 3.54. The van der Waals surface area contributed by atoms with Gasteiger partial charge in [-0.3, -0.25) is 4.68 Å². The van der Waals surface area contributed by atoms with Gasteiger partial charge in [0.2, 0.25) is 0 Å². The molecule has 3 aromatic heterocycles. The van der Waals surface area contributed by atoms with Gasteiger partial charge in [0.05, 0.1) is 24.1 Å². The number of anilines is 1. The maximum atomic E-state index is 4.37. The molecule has 7 nitrogen and oxygen atoms in total. The zero-order chi connectivity index (χ0) is 14.7. The summed E-state index contributed by atoms with van der Waals surface area (Å²) in [7, 11) is 0. The molecule has 7 heteroatoms. The van der Waals surface area contributed by atoms with Crippen LogP contribution in [-0.2, 0) is 6.54 Å². The van der Waals surface area contributed by atoms with E-state index in [0.717, 1.165) is 23.6 Å². The highest BCUT2D eigenvalue weighted by Gasteiger charge is 2.08. The van der Waals surface area contributed by atoms with Crippen molar-refractivity contribution in [1.82, 2.24) is 29.5 Å². The molecule has 21 heavy (non-hydrogen) atoms. The fraction of sp³-hybridized carbons (Fsp3) is 0.286. The second-order valence-corrected chi connectivity index (χ2v) is 4.74. The standard InChI is InChI=1S/C14H17N7/c1-3-20-8-12(6-17-20)11(2)19-13-4-5-14(16-7-13)21-10-15-9-18-21/h4-11,19H,3H2,1-2H3. The van der Waals surface area contributed by atoms with Crippen molar-refractivity contribution in [2.75, 3.05) is 5.32 Å². The van der Waals surface area contributed by atoms with E-state index in [-0.39, 0.29) is 6.04 Å². The zero-order valence-corrected chi connectivity index (χ0v) is 12.0. The maximum Gasteiger partial charge on any atom is 0.155 e. The molecule has 1 unspecified atom stereocenters. The Morgan fingerprint density at radius 2 is 2.14 bits per heavy atom. The van der Waals surface area contributed by atoms with E-state index in [9.17, 15) is 0 Å². The number of aryl methyl sites for hydroxylation is 1. The van der Waals surface area contributed by atoms with E-state index < -0.39 is 0 Å². The summed E-state index contributed by atoms with van der Waals surface area (Å²) in [6.07, 6.45) is 8.84. The molecule has 0 saturated carbocycles. The molecule has 1 atom stereocenters. The van der Waals surface area contributed by atoms with E-state index in [1.54, 1.807) is 17.2 Å². The molecule has 0 bridgehead atoms. The van der Waals surface area contributed by atoms with Crippen LogP contribution in [0.15, 0.2) is 43.4 Å². The minimum atomic E-state index is 0.171. The molecule has 0 spiro atoms. The van der Waals surface area contributed by atoms with Crippen LogP contribution in [0.5, 0.6) is 0 Å². The van der Waals surface area contributed by atoms with Gasteiger partial charge in [-0.1, -0.05) is 0 Å². The van der Waals surface area contributed by atoms with Gasteiger partial charge in [-0.2, -0.15) is 10.2 Å². The lowest BCUT2D eigenvalue weighted by Crippen LogP contribution is -2.07. The van der Waals surface area contributed by atoms with Crippen molar-refractivity contribution in [3.8, 4) is 5.82 Å². The third-order valence-electron chi connectivity index (χ3n) is 3.26. The van der Waals surface area contributed by atoms with Crippen molar-refractivity contribution in [1.29, 1.82) is 0 Å². The van der Waals surface area contributed by atoms with E-state index >= 15 is 0 Å². The molecule has 0 amide bonds. The lowest BCUT2D eigenvalue weighted by molar-refractivity contribution is 0.658. The third kappa shape index (κ3) is 2.91. The predicted octanol–water partition coefficient (Wildman–Crippen LogP) is 2.05. The van der Waals surface area contributed by atoms with Crippen LogP contribution in [0.25, 0.3) is 5.82 Å². The summed E-state index contributed by atoms with van der Waals surface area (Å²) in [6.45, 7) is 5.05. The van der Waals surface area contributed by atoms with E-state index in [4.69, 9.17) is 0 Å². The summed E-state index contributed by atoms with van der Waals surface area (Å²) in [5.41, 5.74) is 2.10. The van der Waals surface area contributed by atoms with Gasteiger partial charge in [-0.15, -0.1) is 0 Å². The third-order valence-corrected chi connectivity index (χ3v) is 3.26. The number of hydrogen-bond donors (Lipinski definition) is 1. The molecule has 0 aliphatic heterocycles. The van der Waals surface area contributed by atoms with Gasteiger partial charge >= 0.3 is 0 Å². The van der Waals surface area contributed by atoms with Crippen LogP contribution in [0.3, 0.4) is 0 Å². The summed E-state index contributed by atoms with van der Waals surface area (Å²) in [5.74, 6) is 0.740. The Bertz CT molecular complexity index is 684. The molecule has 1 N–H and O–H groups in total. The molecule has 0 aliphatic carbocycles. The number of aromatic nitrogens is 6. The number of nitrogens with zero attached hydrogens (tertiary/aromatic N) is 6. The van der Waals surface area contributed by atoms with Crippen LogP contribution in [0.2, 0.25) is 0 Å². The molecule has 0 aromatic carbocycles. The molecule has 0 aliphatic rings. The summed E-state index contributed by atoms with van der Waals surface area (Å²) in [4.78, 5) is 8.27. The van der Waals surface area contributed by atoms with Crippen LogP contribution in [0.4, 0.5) is 5.69 Å². The molecular formula is C14H17N7. The van der Waals surface area contributed by atoms with Gasteiger partial charge in [0.1, 0.15) is 12.7 Å². The molecule has 0 fully saturated rings. The normalized spacial score (nSPS) is 12.3. The lowest BCUT2D eigenvalue weighted by Gasteiger charge is -2.13. The van der Waals surface area contributed by atoms with Crippen molar-refractivity contribution >= 4 is 5.69 Å². The van der Waals surface area contributed by atoms with Crippen molar-refractivity contribution in [3.05, 3.63) is 48.9 Å². The zero-order valence-electron chi connectivity index (χ0n) is 12.0. The average molecular weight is 283 g/mol. The molecule has 0 saturated heterocycles. The highest BCUT2D eigenvalue weighted by molar-refractivity contribution is 5.45. The minimum absolute atomic E-state index is 0.171. The largest absolute Gasteiger partial charge is 0.377 e. The van der Waals surface area contributed by atoms with E-state index in [1.807, 2.05) is 23.0 Å². The highest BCUT2D eigenvalue weighted by Crippen LogP contribution is 2.18. The second kappa shape index (κ2) is 5.74.